The summed E-state index contributed by atoms with van der Waals surface area (Å²) in [6.07, 6.45) is 7.18. The maximum atomic E-state index is 12.6. The maximum Gasteiger partial charge on any atom is 0.311 e. The van der Waals surface area contributed by atoms with E-state index in [-0.39, 0.29) is 42.3 Å². The van der Waals surface area contributed by atoms with E-state index in [0.29, 0.717) is 12.2 Å². The van der Waals surface area contributed by atoms with Crippen molar-refractivity contribution in [1.29, 1.82) is 0 Å². The Balaban J connectivity index is 1.80. The lowest BCUT2D eigenvalue weighted by Crippen LogP contribution is -2.31. The predicted octanol–water partition coefficient (Wildman–Crippen LogP) is 5.34. The van der Waals surface area contributed by atoms with E-state index in [0.717, 1.165) is 35.6 Å². The monoisotopic (exact) mass is 439 g/mol. The zero-order valence-corrected chi connectivity index (χ0v) is 19.6. The summed E-state index contributed by atoms with van der Waals surface area (Å²) in [7, 11) is 0. The highest BCUT2D eigenvalue weighted by Crippen LogP contribution is 2.42. The van der Waals surface area contributed by atoms with Crippen molar-refractivity contribution in [1.82, 2.24) is 5.32 Å². The van der Waals surface area contributed by atoms with Gasteiger partial charge in [-0.1, -0.05) is 83.2 Å². The van der Waals surface area contributed by atoms with Gasteiger partial charge in [0.2, 0.25) is 5.91 Å². The SMILES string of the molecule is CCCCCCCCC(=O)Oc1ccc([C@@H]2[C@@H](C(C)C)C(=O)N[C@@H]2CO)c2ccccc12. The molecule has 0 saturated carbocycles. The van der Waals surface area contributed by atoms with E-state index in [4.69, 9.17) is 4.74 Å². The second-order valence-corrected chi connectivity index (χ2v) is 9.28. The Hall–Kier alpha value is -2.40. The van der Waals surface area contributed by atoms with Crippen LogP contribution < -0.4 is 10.1 Å². The lowest BCUT2D eigenvalue weighted by molar-refractivity contribution is -0.134. The molecular weight excluding hydrogens is 402 g/mol. The molecule has 1 amide bonds. The van der Waals surface area contributed by atoms with Crippen molar-refractivity contribution in [2.45, 2.75) is 77.7 Å². The molecule has 0 radical (unpaired) electrons. The fourth-order valence-electron chi connectivity index (χ4n) is 4.97. The summed E-state index contributed by atoms with van der Waals surface area (Å²) >= 11 is 0. The minimum absolute atomic E-state index is 0.0115. The first kappa shape index (κ1) is 24.2. The van der Waals surface area contributed by atoms with E-state index in [2.05, 4.69) is 12.2 Å². The summed E-state index contributed by atoms with van der Waals surface area (Å²) < 4.78 is 5.75. The van der Waals surface area contributed by atoms with Crippen LogP contribution in [0.3, 0.4) is 0 Å². The molecule has 0 bridgehead atoms. The van der Waals surface area contributed by atoms with Gasteiger partial charge >= 0.3 is 5.97 Å². The number of unbranched alkanes of at least 4 members (excludes halogenated alkanes) is 5. The van der Waals surface area contributed by atoms with Crippen LogP contribution in [-0.4, -0.2) is 29.6 Å². The minimum Gasteiger partial charge on any atom is -0.426 e. The molecule has 174 valence electrons. The first-order chi connectivity index (χ1) is 15.5. The Bertz CT molecular complexity index is 923. The molecule has 1 aliphatic rings. The number of fused-ring (bicyclic) bond motifs is 1. The summed E-state index contributed by atoms with van der Waals surface area (Å²) in [5.74, 6) is 0.137. The highest BCUT2D eigenvalue weighted by Gasteiger charge is 2.44. The third-order valence-corrected chi connectivity index (χ3v) is 6.60. The number of benzene rings is 2. The molecule has 3 atom stereocenters. The van der Waals surface area contributed by atoms with E-state index in [1.807, 2.05) is 50.2 Å². The van der Waals surface area contributed by atoms with Gasteiger partial charge in [-0.25, -0.2) is 0 Å². The van der Waals surface area contributed by atoms with Crippen molar-refractivity contribution in [2.75, 3.05) is 6.61 Å². The normalized spacial score (nSPS) is 20.7. The van der Waals surface area contributed by atoms with Gasteiger partial charge in [0.05, 0.1) is 12.6 Å². The smallest absolute Gasteiger partial charge is 0.311 e. The van der Waals surface area contributed by atoms with Crippen molar-refractivity contribution >= 4 is 22.6 Å². The lowest BCUT2D eigenvalue weighted by Gasteiger charge is -2.26. The molecule has 0 spiro atoms. The van der Waals surface area contributed by atoms with Gasteiger partial charge < -0.3 is 15.2 Å². The van der Waals surface area contributed by atoms with Gasteiger partial charge in [0.1, 0.15) is 5.75 Å². The van der Waals surface area contributed by atoms with Gasteiger partial charge in [0.25, 0.3) is 0 Å². The van der Waals surface area contributed by atoms with Crippen LogP contribution in [0.4, 0.5) is 0 Å². The summed E-state index contributed by atoms with van der Waals surface area (Å²) in [6, 6.07) is 11.3. The number of rotatable bonds is 11. The molecule has 1 aliphatic heterocycles. The first-order valence-corrected chi connectivity index (χ1v) is 12.1. The number of nitrogens with one attached hydrogen (secondary N) is 1. The van der Waals surface area contributed by atoms with Crippen LogP contribution in [0.15, 0.2) is 36.4 Å². The van der Waals surface area contributed by atoms with Gasteiger partial charge in [-0.15, -0.1) is 0 Å². The largest absolute Gasteiger partial charge is 0.426 e. The van der Waals surface area contributed by atoms with Gasteiger partial charge in [-0.05, 0) is 29.4 Å². The Kier molecular flexibility index (Phi) is 8.68. The molecule has 5 heteroatoms. The molecule has 5 nitrogen and oxygen atoms in total. The van der Waals surface area contributed by atoms with Crippen LogP contribution in [0.2, 0.25) is 0 Å². The fraction of sp³-hybridized carbons (Fsp3) is 0.556. The molecule has 0 unspecified atom stereocenters. The summed E-state index contributed by atoms with van der Waals surface area (Å²) in [5, 5.41) is 14.7. The third-order valence-electron chi connectivity index (χ3n) is 6.60. The summed E-state index contributed by atoms with van der Waals surface area (Å²) in [5.41, 5.74) is 1.01. The average molecular weight is 440 g/mol. The van der Waals surface area contributed by atoms with Gasteiger partial charge in [-0.2, -0.15) is 0 Å². The van der Waals surface area contributed by atoms with Crippen LogP contribution in [0.1, 0.15) is 77.2 Å². The number of carbonyl (C=O) groups excluding carboxylic acids is 2. The van der Waals surface area contributed by atoms with Crippen LogP contribution in [0.25, 0.3) is 10.8 Å². The summed E-state index contributed by atoms with van der Waals surface area (Å²) in [4.78, 5) is 25.1. The Morgan fingerprint density at radius 1 is 1.03 bits per heavy atom. The topological polar surface area (TPSA) is 75.6 Å². The van der Waals surface area contributed by atoms with E-state index < -0.39 is 0 Å². The molecule has 0 aliphatic carbocycles. The maximum absolute atomic E-state index is 12.6. The number of aliphatic hydroxyl groups is 1. The van der Waals surface area contributed by atoms with Gasteiger partial charge in [0.15, 0.2) is 0 Å². The van der Waals surface area contributed by atoms with Gasteiger partial charge in [-0.3, -0.25) is 9.59 Å². The zero-order valence-electron chi connectivity index (χ0n) is 19.6. The van der Waals surface area contributed by atoms with Crippen molar-refractivity contribution in [3.63, 3.8) is 0 Å². The molecular formula is C27H37NO4. The number of carbonyl (C=O) groups is 2. The standard InChI is InChI=1S/C27H37NO4/c1-4-5-6-7-8-9-14-24(30)32-23-16-15-21(19-12-10-11-13-20(19)23)26-22(17-29)28-27(31)25(26)18(2)3/h10-13,15-16,18,22,25-26,29H,4-9,14,17H2,1-3H3,(H,28,31)/t22-,25-,26+/m1/s1. The molecule has 1 fully saturated rings. The minimum atomic E-state index is -0.320. The Morgan fingerprint density at radius 2 is 1.72 bits per heavy atom. The Morgan fingerprint density at radius 3 is 2.41 bits per heavy atom. The fourth-order valence-corrected chi connectivity index (χ4v) is 4.97. The highest BCUT2D eigenvalue weighted by atomic mass is 16.5. The second kappa shape index (κ2) is 11.5. The van der Waals surface area contributed by atoms with Crippen molar-refractivity contribution < 1.29 is 19.4 Å². The third kappa shape index (κ3) is 5.50. The van der Waals surface area contributed by atoms with Gasteiger partial charge in [0, 0.05) is 23.6 Å². The lowest BCUT2D eigenvalue weighted by atomic mass is 9.77. The van der Waals surface area contributed by atoms with E-state index >= 15 is 0 Å². The molecule has 2 aromatic carbocycles. The highest BCUT2D eigenvalue weighted by molar-refractivity contribution is 5.94. The predicted molar refractivity (Wildman–Crippen MR) is 128 cm³/mol. The van der Waals surface area contributed by atoms with E-state index in [1.54, 1.807) is 0 Å². The molecule has 1 saturated heterocycles. The van der Waals surface area contributed by atoms with Crippen molar-refractivity contribution in [3.8, 4) is 5.75 Å². The number of amides is 1. The molecule has 3 rings (SSSR count). The average Bonchev–Trinajstić information content (AvgIpc) is 3.12. The molecule has 1 heterocycles. The summed E-state index contributed by atoms with van der Waals surface area (Å²) in [6.45, 7) is 6.17. The molecule has 0 aromatic heterocycles. The van der Waals surface area contributed by atoms with E-state index in [1.165, 1.54) is 19.3 Å². The second-order valence-electron chi connectivity index (χ2n) is 9.28. The van der Waals surface area contributed by atoms with Crippen molar-refractivity contribution in [2.24, 2.45) is 11.8 Å². The molecule has 2 N–H and O–H groups in total. The Labute approximate surface area is 191 Å². The van der Waals surface area contributed by atoms with E-state index in [9.17, 15) is 14.7 Å². The van der Waals surface area contributed by atoms with Crippen LogP contribution in [-0.2, 0) is 9.59 Å². The number of hydrogen-bond donors (Lipinski definition) is 2. The number of aliphatic hydroxyl groups excluding tert-OH is 1. The van der Waals surface area contributed by atoms with Crippen LogP contribution >= 0.6 is 0 Å². The number of ether oxygens (including phenoxy) is 1. The molecule has 2 aromatic rings. The first-order valence-electron chi connectivity index (χ1n) is 12.1. The van der Waals surface area contributed by atoms with Crippen LogP contribution in [0, 0.1) is 11.8 Å². The van der Waals surface area contributed by atoms with Crippen LogP contribution in [0.5, 0.6) is 5.75 Å². The quantitative estimate of drug-likeness (QED) is 0.281. The number of esters is 1. The molecule has 32 heavy (non-hydrogen) atoms. The number of hydrogen-bond acceptors (Lipinski definition) is 4. The zero-order chi connectivity index (χ0) is 23.1. The van der Waals surface area contributed by atoms with Crippen molar-refractivity contribution in [3.05, 3.63) is 42.0 Å².